The molecule has 2 heterocycles. The van der Waals surface area contributed by atoms with Crippen LogP contribution in [0.25, 0.3) is 10.2 Å². The molecule has 1 atom stereocenters. The molecule has 19 heavy (non-hydrogen) atoms. The summed E-state index contributed by atoms with van der Waals surface area (Å²) in [6.07, 6.45) is 0.901. The van der Waals surface area contributed by atoms with Crippen LogP contribution in [0.4, 0.5) is 0 Å². The molecule has 3 rings (SSSR count). The fraction of sp³-hybridized carbons (Fsp3) is 0.308. The summed E-state index contributed by atoms with van der Waals surface area (Å²) in [6.45, 7) is 0.157. The van der Waals surface area contributed by atoms with E-state index >= 15 is 0 Å². The van der Waals surface area contributed by atoms with Crippen LogP contribution < -0.4 is 5.32 Å². The minimum Gasteiger partial charge on any atom is -0.457 e. The van der Waals surface area contributed by atoms with Gasteiger partial charge in [-0.15, -0.1) is 11.3 Å². The fourth-order valence-corrected chi connectivity index (χ4v) is 2.89. The van der Waals surface area contributed by atoms with Gasteiger partial charge >= 0.3 is 5.97 Å². The van der Waals surface area contributed by atoms with Gasteiger partial charge in [-0.05, 0) is 18.6 Å². The Bertz CT molecular complexity index is 605. The zero-order chi connectivity index (χ0) is 13.2. The van der Waals surface area contributed by atoms with Crippen molar-refractivity contribution in [2.45, 2.75) is 25.5 Å². The Hall–Kier alpha value is -1.95. The van der Waals surface area contributed by atoms with E-state index in [1.807, 2.05) is 24.3 Å². The molecule has 98 valence electrons. The first-order valence-electron chi connectivity index (χ1n) is 6.03. The summed E-state index contributed by atoms with van der Waals surface area (Å²) >= 11 is 1.51. The normalized spacial score (nSPS) is 18.5. The number of carbonyl (C=O) groups is 2. The van der Waals surface area contributed by atoms with E-state index in [0.29, 0.717) is 12.8 Å². The summed E-state index contributed by atoms with van der Waals surface area (Å²) in [5.41, 5.74) is 0.910. The zero-order valence-corrected chi connectivity index (χ0v) is 10.9. The van der Waals surface area contributed by atoms with Crippen molar-refractivity contribution in [3.8, 4) is 0 Å². The first-order chi connectivity index (χ1) is 9.22. The summed E-state index contributed by atoms with van der Waals surface area (Å²) < 4.78 is 6.26. The Morgan fingerprint density at radius 2 is 2.32 bits per heavy atom. The standard InChI is InChI=1S/C13H12N2O3S/c16-11-6-5-9(14-11)13(17)18-7-12-15-8-3-1-2-4-10(8)19-12/h1-4,9H,5-7H2,(H,14,16)/t9-/m1/s1. The molecule has 1 aliphatic rings. The number of hydrogen-bond donors (Lipinski definition) is 1. The van der Waals surface area contributed by atoms with Gasteiger partial charge in [-0.3, -0.25) is 4.79 Å². The number of carbonyl (C=O) groups excluding carboxylic acids is 2. The van der Waals surface area contributed by atoms with Crippen LogP contribution in [0.5, 0.6) is 0 Å². The molecule has 1 N–H and O–H groups in total. The van der Waals surface area contributed by atoms with E-state index < -0.39 is 6.04 Å². The van der Waals surface area contributed by atoms with Crippen molar-refractivity contribution in [1.82, 2.24) is 10.3 Å². The third kappa shape index (κ3) is 2.58. The van der Waals surface area contributed by atoms with Gasteiger partial charge in [0.2, 0.25) is 5.91 Å². The molecule has 0 spiro atoms. The van der Waals surface area contributed by atoms with Crippen molar-refractivity contribution in [2.24, 2.45) is 0 Å². The predicted octanol–water partition coefficient (Wildman–Crippen LogP) is 1.62. The topological polar surface area (TPSA) is 68.3 Å². The van der Waals surface area contributed by atoms with Gasteiger partial charge < -0.3 is 10.1 Å². The number of amides is 1. The summed E-state index contributed by atoms with van der Waals surface area (Å²) in [5.74, 6) is -0.480. The Morgan fingerprint density at radius 1 is 1.47 bits per heavy atom. The minimum atomic E-state index is -0.498. The van der Waals surface area contributed by atoms with Crippen molar-refractivity contribution < 1.29 is 14.3 Å². The number of hydrogen-bond acceptors (Lipinski definition) is 5. The SMILES string of the molecule is O=C1CC[C@H](C(=O)OCc2nc3ccccc3s2)N1. The van der Waals surface area contributed by atoms with Crippen LogP contribution in [0.2, 0.25) is 0 Å². The second-order valence-electron chi connectivity index (χ2n) is 4.34. The van der Waals surface area contributed by atoms with Gasteiger partial charge in [0, 0.05) is 6.42 Å². The number of ether oxygens (including phenoxy) is 1. The molecule has 1 saturated heterocycles. The molecule has 0 bridgehead atoms. The molecule has 2 aromatic rings. The van der Waals surface area contributed by atoms with Crippen LogP contribution in [0.3, 0.4) is 0 Å². The van der Waals surface area contributed by atoms with E-state index in [0.717, 1.165) is 15.2 Å². The molecule has 0 radical (unpaired) electrons. The highest BCUT2D eigenvalue weighted by atomic mass is 32.1. The maximum atomic E-state index is 11.7. The molecule has 1 aromatic heterocycles. The largest absolute Gasteiger partial charge is 0.457 e. The van der Waals surface area contributed by atoms with E-state index in [2.05, 4.69) is 10.3 Å². The molecule has 0 unspecified atom stereocenters. The van der Waals surface area contributed by atoms with Crippen molar-refractivity contribution in [3.63, 3.8) is 0 Å². The van der Waals surface area contributed by atoms with Gasteiger partial charge in [-0.2, -0.15) is 0 Å². The summed E-state index contributed by atoms with van der Waals surface area (Å²) in [7, 11) is 0. The Labute approximate surface area is 113 Å². The lowest BCUT2D eigenvalue weighted by Crippen LogP contribution is -2.34. The smallest absolute Gasteiger partial charge is 0.329 e. The average Bonchev–Trinajstić information content (AvgIpc) is 3.01. The van der Waals surface area contributed by atoms with Gasteiger partial charge in [0.1, 0.15) is 17.7 Å². The summed E-state index contributed by atoms with van der Waals surface area (Å²) in [5, 5.41) is 3.35. The van der Waals surface area contributed by atoms with Gasteiger partial charge in [-0.1, -0.05) is 12.1 Å². The van der Waals surface area contributed by atoms with Crippen LogP contribution >= 0.6 is 11.3 Å². The predicted molar refractivity (Wildman–Crippen MR) is 70.6 cm³/mol. The van der Waals surface area contributed by atoms with Gasteiger partial charge in [-0.25, -0.2) is 9.78 Å². The fourth-order valence-electron chi connectivity index (χ4n) is 2.01. The van der Waals surface area contributed by atoms with Gasteiger partial charge in [0.25, 0.3) is 0 Å². The van der Waals surface area contributed by atoms with E-state index in [-0.39, 0.29) is 18.5 Å². The molecule has 1 fully saturated rings. The molecule has 1 amide bonds. The number of nitrogens with zero attached hydrogens (tertiary/aromatic N) is 1. The maximum absolute atomic E-state index is 11.7. The number of benzene rings is 1. The number of aromatic nitrogens is 1. The minimum absolute atomic E-state index is 0.0954. The Balaban J connectivity index is 1.62. The molecule has 0 saturated carbocycles. The Morgan fingerprint density at radius 3 is 3.05 bits per heavy atom. The summed E-state index contributed by atoms with van der Waals surface area (Å²) in [6, 6.07) is 7.28. The number of para-hydroxylation sites is 1. The average molecular weight is 276 g/mol. The molecule has 0 aliphatic carbocycles. The quantitative estimate of drug-likeness (QED) is 0.865. The summed E-state index contributed by atoms with van der Waals surface area (Å²) in [4.78, 5) is 27.1. The number of thiazole rings is 1. The Kier molecular flexibility index (Phi) is 3.16. The molecular formula is C13H12N2O3S. The molecule has 6 heteroatoms. The van der Waals surface area contributed by atoms with E-state index in [1.54, 1.807) is 0 Å². The van der Waals surface area contributed by atoms with Crippen molar-refractivity contribution in [3.05, 3.63) is 29.3 Å². The third-order valence-electron chi connectivity index (χ3n) is 2.96. The van der Waals surface area contributed by atoms with Crippen LogP contribution in [0.1, 0.15) is 17.8 Å². The molecule has 1 aromatic carbocycles. The number of fused-ring (bicyclic) bond motifs is 1. The number of esters is 1. The van der Waals surface area contributed by atoms with Crippen LogP contribution in [-0.4, -0.2) is 22.9 Å². The van der Waals surface area contributed by atoms with E-state index in [4.69, 9.17) is 4.74 Å². The zero-order valence-electron chi connectivity index (χ0n) is 10.1. The maximum Gasteiger partial charge on any atom is 0.329 e. The van der Waals surface area contributed by atoms with Crippen LogP contribution in [0.15, 0.2) is 24.3 Å². The highest BCUT2D eigenvalue weighted by Gasteiger charge is 2.28. The second-order valence-corrected chi connectivity index (χ2v) is 5.46. The van der Waals surface area contributed by atoms with Crippen LogP contribution in [0, 0.1) is 0 Å². The number of nitrogens with one attached hydrogen (secondary N) is 1. The lowest BCUT2D eigenvalue weighted by molar-refractivity contribution is -0.147. The first-order valence-corrected chi connectivity index (χ1v) is 6.84. The highest BCUT2D eigenvalue weighted by Crippen LogP contribution is 2.22. The lowest BCUT2D eigenvalue weighted by Gasteiger charge is -2.08. The van der Waals surface area contributed by atoms with Crippen LogP contribution in [-0.2, 0) is 20.9 Å². The molecule has 1 aliphatic heterocycles. The van der Waals surface area contributed by atoms with Gasteiger partial charge in [0.05, 0.1) is 10.2 Å². The van der Waals surface area contributed by atoms with Gasteiger partial charge in [0.15, 0.2) is 0 Å². The van der Waals surface area contributed by atoms with E-state index in [1.165, 1.54) is 11.3 Å². The first kappa shape index (κ1) is 12.1. The van der Waals surface area contributed by atoms with E-state index in [9.17, 15) is 9.59 Å². The molecule has 5 nitrogen and oxygen atoms in total. The second kappa shape index (κ2) is 4.97. The van der Waals surface area contributed by atoms with Crippen molar-refractivity contribution in [2.75, 3.05) is 0 Å². The van der Waals surface area contributed by atoms with Crippen molar-refractivity contribution >= 4 is 33.4 Å². The third-order valence-corrected chi connectivity index (χ3v) is 3.97. The monoisotopic (exact) mass is 276 g/mol. The lowest BCUT2D eigenvalue weighted by atomic mass is 10.2. The number of rotatable bonds is 3. The molecular weight excluding hydrogens is 264 g/mol. The van der Waals surface area contributed by atoms with Crippen molar-refractivity contribution in [1.29, 1.82) is 0 Å². The highest BCUT2D eigenvalue weighted by molar-refractivity contribution is 7.18.